The molecule has 0 aromatic rings. The van der Waals surface area contributed by atoms with E-state index in [1.54, 1.807) is 0 Å². The lowest BCUT2D eigenvalue weighted by Gasteiger charge is -2.48. The number of rotatable bonds is 1. The molecular weight excluding hydrogens is 248 g/mol. The summed E-state index contributed by atoms with van der Waals surface area (Å²) >= 11 is 0. The van der Waals surface area contributed by atoms with E-state index in [0.29, 0.717) is 11.3 Å². The van der Waals surface area contributed by atoms with Crippen LogP contribution in [0.15, 0.2) is 0 Å². The highest BCUT2D eigenvalue weighted by Crippen LogP contribution is 2.52. The van der Waals surface area contributed by atoms with Gasteiger partial charge in [0.05, 0.1) is 17.1 Å². The number of nitriles is 1. The van der Waals surface area contributed by atoms with Crippen LogP contribution in [-0.4, -0.2) is 23.8 Å². The maximum atomic E-state index is 11.2. The molecule has 0 aromatic carbocycles. The van der Waals surface area contributed by atoms with Gasteiger partial charge in [0.25, 0.3) is 0 Å². The Hall–Kier alpha value is -0.590. The summed E-state index contributed by atoms with van der Waals surface area (Å²) in [6.45, 7) is 8.68. The summed E-state index contributed by atoms with van der Waals surface area (Å²) in [5.41, 5.74) is -0.982. The second kappa shape index (κ2) is 5.66. The summed E-state index contributed by atoms with van der Waals surface area (Å²) in [7, 11) is 0. The lowest BCUT2D eigenvalue weighted by molar-refractivity contribution is -0.0918. The summed E-state index contributed by atoms with van der Waals surface area (Å²) in [6, 6.07) is 2.55. The number of hydrogen-bond acceptors (Lipinski definition) is 3. The predicted octanol–water partition coefficient (Wildman–Crippen LogP) is 3.24. The Morgan fingerprint density at radius 1 is 1.10 bits per heavy atom. The average molecular weight is 278 g/mol. The molecule has 0 bridgehead atoms. The molecule has 2 rings (SSSR count). The summed E-state index contributed by atoms with van der Waals surface area (Å²) in [5.74, 6) is 0.677. The molecule has 0 amide bonds. The Kier molecular flexibility index (Phi) is 4.47. The minimum absolute atomic E-state index is 0.315. The van der Waals surface area contributed by atoms with Crippen molar-refractivity contribution >= 4 is 0 Å². The lowest BCUT2D eigenvalue weighted by Crippen LogP contribution is -2.50. The van der Waals surface area contributed by atoms with Crippen molar-refractivity contribution in [2.24, 2.45) is 16.7 Å². The Labute approximate surface area is 123 Å². The summed E-state index contributed by atoms with van der Waals surface area (Å²) in [4.78, 5) is 0. The van der Waals surface area contributed by atoms with Crippen LogP contribution in [0, 0.1) is 28.1 Å². The van der Waals surface area contributed by atoms with E-state index in [1.807, 2.05) is 0 Å². The standard InChI is InChI=1S/C17H30N2O/c1-15(2,3)14-5-8-16(13-18,9-6-14)17(20)7-4-11-19-12-10-17/h14,19-20H,4-12H2,1-3H3. The molecule has 0 aromatic heterocycles. The van der Waals surface area contributed by atoms with E-state index in [-0.39, 0.29) is 0 Å². The van der Waals surface area contributed by atoms with Crippen LogP contribution < -0.4 is 5.32 Å². The molecule has 0 spiro atoms. The Bertz CT molecular complexity index is 361. The highest BCUT2D eigenvalue weighted by Gasteiger charge is 2.52. The van der Waals surface area contributed by atoms with Crippen LogP contribution in [0.4, 0.5) is 0 Å². The fourth-order valence-electron chi connectivity index (χ4n) is 4.19. The van der Waals surface area contributed by atoms with Gasteiger partial charge in [-0.15, -0.1) is 0 Å². The van der Waals surface area contributed by atoms with Gasteiger partial charge in [0.15, 0.2) is 0 Å². The van der Waals surface area contributed by atoms with E-state index in [0.717, 1.165) is 58.0 Å². The van der Waals surface area contributed by atoms with Crippen molar-refractivity contribution in [3.63, 3.8) is 0 Å². The molecule has 3 heteroatoms. The highest BCUT2D eigenvalue weighted by molar-refractivity contribution is 5.14. The summed E-state index contributed by atoms with van der Waals surface area (Å²) < 4.78 is 0. The zero-order valence-corrected chi connectivity index (χ0v) is 13.3. The van der Waals surface area contributed by atoms with Crippen LogP contribution in [0.3, 0.4) is 0 Å². The van der Waals surface area contributed by atoms with E-state index in [4.69, 9.17) is 0 Å². The molecule has 1 atom stereocenters. The third-order valence-electron chi connectivity index (χ3n) is 5.83. The van der Waals surface area contributed by atoms with Crippen LogP contribution in [0.25, 0.3) is 0 Å². The van der Waals surface area contributed by atoms with Crippen LogP contribution in [0.2, 0.25) is 0 Å². The van der Waals surface area contributed by atoms with Crippen molar-refractivity contribution in [3.8, 4) is 6.07 Å². The van der Waals surface area contributed by atoms with Crippen molar-refractivity contribution < 1.29 is 5.11 Å². The lowest BCUT2D eigenvalue weighted by atomic mass is 9.57. The smallest absolute Gasteiger partial charge is 0.0861 e. The quantitative estimate of drug-likeness (QED) is 0.774. The average Bonchev–Trinajstić information content (AvgIpc) is 2.64. The fraction of sp³-hybridized carbons (Fsp3) is 0.941. The number of nitrogens with zero attached hydrogens (tertiary/aromatic N) is 1. The Morgan fingerprint density at radius 2 is 1.75 bits per heavy atom. The largest absolute Gasteiger partial charge is 0.388 e. The predicted molar refractivity (Wildman–Crippen MR) is 81.1 cm³/mol. The first-order chi connectivity index (χ1) is 9.33. The maximum absolute atomic E-state index is 11.2. The van der Waals surface area contributed by atoms with Gasteiger partial charge < -0.3 is 10.4 Å². The van der Waals surface area contributed by atoms with Crippen molar-refractivity contribution in [2.45, 2.75) is 71.3 Å². The van der Waals surface area contributed by atoms with Crippen molar-refractivity contribution in [3.05, 3.63) is 0 Å². The maximum Gasteiger partial charge on any atom is 0.0861 e. The molecule has 114 valence electrons. The van der Waals surface area contributed by atoms with Gasteiger partial charge in [-0.05, 0) is 69.4 Å². The number of aliphatic hydroxyl groups is 1. The fourth-order valence-corrected chi connectivity index (χ4v) is 4.19. The minimum atomic E-state index is -0.784. The molecule has 2 fully saturated rings. The van der Waals surface area contributed by atoms with E-state index < -0.39 is 11.0 Å². The zero-order chi connectivity index (χ0) is 14.9. The molecular formula is C17H30N2O. The molecule has 1 aliphatic carbocycles. The Morgan fingerprint density at radius 3 is 2.30 bits per heavy atom. The summed E-state index contributed by atoms with van der Waals surface area (Å²) in [6.07, 6.45) is 6.35. The molecule has 1 saturated heterocycles. The van der Waals surface area contributed by atoms with Crippen LogP contribution in [0.5, 0.6) is 0 Å². The van der Waals surface area contributed by atoms with Gasteiger partial charge in [-0.2, -0.15) is 5.26 Å². The van der Waals surface area contributed by atoms with E-state index in [2.05, 4.69) is 32.2 Å². The SMILES string of the molecule is CC(C)(C)C1CCC(C#N)(C2(O)CCCNCC2)CC1. The second-order valence-electron chi connectivity index (χ2n) is 7.97. The Balaban J connectivity index is 2.14. The number of nitrogens with one attached hydrogen (secondary N) is 1. The third-order valence-corrected chi connectivity index (χ3v) is 5.83. The first-order valence-corrected chi connectivity index (χ1v) is 8.17. The molecule has 1 unspecified atom stereocenters. The second-order valence-corrected chi connectivity index (χ2v) is 7.97. The van der Waals surface area contributed by atoms with Gasteiger partial charge >= 0.3 is 0 Å². The monoisotopic (exact) mass is 278 g/mol. The number of hydrogen-bond donors (Lipinski definition) is 2. The zero-order valence-electron chi connectivity index (χ0n) is 13.3. The van der Waals surface area contributed by atoms with E-state index in [1.165, 1.54) is 0 Å². The highest BCUT2D eigenvalue weighted by atomic mass is 16.3. The van der Waals surface area contributed by atoms with Crippen LogP contribution in [0.1, 0.15) is 65.7 Å². The molecule has 20 heavy (non-hydrogen) atoms. The first kappa shape index (κ1) is 15.8. The molecule has 2 aliphatic rings. The van der Waals surface area contributed by atoms with Gasteiger partial charge in [0, 0.05) is 0 Å². The molecule has 3 nitrogen and oxygen atoms in total. The normalized spacial score (nSPS) is 39.9. The van der Waals surface area contributed by atoms with Gasteiger partial charge in [-0.25, -0.2) is 0 Å². The van der Waals surface area contributed by atoms with Crippen molar-refractivity contribution in [1.82, 2.24) is 5.32 Å². The first-order valence-electron chi connectivity index (χ1n) is 8.17. The molecule has 0 radical (unpaired) electrons. The summed E-state index contributed by atoms with van der Waals surface area (Å²) in [5, 5.41) is 24.3. The van der Waals surface area contributed by atoms with Crippen LogP contribution in [-0.2, 0) is 0 Å². The van der Waals surface area contributed by atoms with E-state index >= 15 is 0 Å². The van der Waals surface area contributed by atoms with Crippen molar-refractivity contribution in [2.75, 3.05) is 13.1 Å². The van der Waals surface area contributed by atoms with Crippen molar-refractivity contribution in [1.29, 1.82) is 5.26 Å². The van der Waals surface area contributed by atoms with Crippen LogP contribution >= 0.6 is 0 Å². The van der Waals surface area contributed by atoms with E-state index in [9.17, 15) is 10.4 Å². The van der Waals surface area contributed by atoms with Gasteiger partial charge in [-0.1, -0.05) is 20.8 Å². The molecule has 1 heterocycles. The van der Waals surface area contributed by atoms with Gasteiger partial charge in [0.1, 0.15) is 0 Å². The van der Waals surface area contributed by atoms with Gasteiger partial charge in [0.2, 0.25) is 0 Å². The van der Waals surface area contributed by atoms with Gasteiger partial charge in [-0.3, -0.25) is 0 Å². The minimum Gasteiger partial charge on any atom is -0.388 e. The molecule has 1 aliphatic heterocycles. The molecule has 1 saturated carbocycles. The third kappa shape index (κ3) is 2.87. The molecule has 2 N–H and O–H groups in total. The topological polar surface area (TPSA) is 56.0 Å².